The molecule has 2 aromatic carbocycles. The maximum atomic E-state index is 12.7. The summed E-state index contributed by atoms with van der Waals surface area (Å²) >= 11 is 11.9. The molecule has 1 amide bonds. The van der Waals surface area contributed by atoms with Gasteiger partial charge in [-0.05, 0) is 30.3 Å². The number of ether oxygens (including phenoxy) is 3. The first kappa shape index (κ1) is 24.9. The summed E-state index contributed by atoms with van der Waals surface area (Å²) in [4.78, 5) is 24.9. The summed E-state index contributed by atoms with van der Waals surface area (Å²) < 4.78 is 15.9. The fraction of sp³-hybridized carbons (Fsp3) is 0.182. The summed E-state index contributed by atoms with van der Waals surface area (Å²) in [5.74, 6) is 2.93. The minimum Gasteiger partial charge on any atom is -0.493 e. The van der Waals surface area contributed by atoms with Crippen LogP contribution in [0.3, 0.4) is 0 Å². The van der Waals surface area contributed by atoms with Gasteiger partial charge in [0, 0.05) is 11.1 Å². The van der Waals surface area contributed by atoms with Gasteiger partial charge in [0.25, 0.3) is 11.6 Å². The van der Waals surface area contributed by atoms with E-state index in [9.17, 15) is 14.7 Å². The standard InChI is InChI=1S/C22H18Cl2N2O6/c1-4-10-31-18-9-6-14(12-19(18)30-3)20(27)25-26-22(21(28)29,32-11-5-2)15-7-8-16(23)17(24)13-15/h1-2,6-9,12-13,26H,10-11H2,3H3,(H,25,27)(H,28,29). The SMILES string of the molecule is C#CCOc1ccc(C(=O)NNC(OCC#C)(C(=O)O)c2ccc(Cl)c(Cl)c2)cc1OC. The molecule has 0 aromatic heterocycles. The third-order valence-corrected chi connectivity index (χ3v) is 4.83. The van der Waals surface area contributed by atoms with Crippen LogP contribution in [0, 0.1) is 24.7 Å². The van der Waals surface area contributed by atoms with Crippen molar-refractivity contribution in [3.05, 3.63) is 57.6 Å². The second-order valence-electron chi connectivity index (χ2n) is 6.05. The molecule has 0 spiro atoms. The van der Waals surface area contributed by atoms with Gasteiger partial charge in [0.1, 0.15) is 13.2 Å². The van der Waals surface area contributed by atoms with Crippen LogP contribution in [0.25, 0.3) is 0 Å². The molecule has 32 heavy (non-hydrogen) atoms. The molecule has 166 valence electrons. The van der Waals surface area contributed by atoms with E-state index in [1.807, 2.05) is 0 Å². The maximum Gasteiger partial charge on any atom is 0.358 e. The van der Waals surface area contributed by atoms with Crippen molar-refractivity contribution in [3.63, 3.8) is 0 Å². The van der Waals surface area contributed by atoms with Gasteiger partial charge in [0.15, 0.2) is 11.5 Å². The van der Waals surface area contributed by atoms with Crippen LogP contribution in [0.5, 0.6) is 11.5 Å². The zero-order valence-corrected chi connectivity index (χ0v) is 18.3. The molecule has 1 unspecified atom stereocenters. The Labute approximate surface area is 194 Å². The molecule has 0 aliphatic carbocycles. The van der Waals surface area contributed by atoms with Crippen molar-refractivity contribution in [2.45, 2.75) is 5.72 Å². The van der Waals surface area contributed by atoms with Crippen LogP contribution in [0.2, 0.25) is 10.0 Å². The largest absolute Gasteiger partial charge is 0.493 e. The van der Waals surface area contributed by atoms with E-state index in [1.165, 1.54) is 43.5 Å². The third kappa shape index (κ3) is 5.64. The summed E-state index contributed by atoms with van der Waals surface area (Å²) in [5.41, 5.74) is 2.63. The number of rotatable bonds is 10. The number of benzene rings is 2. The van der Waals surface area contributed by atoms with E-state index in [1.54, 1.807) is 0 Å². The van der Waals surface area contributed by atoms with Gasteiger partial charge < -0.3 is 19.3 Å². The number of hydrogen-bond acceptors (Lipinski definition) is 6. The molecule has 2 rings (SSSR count). The number of amides is 1. The Morgan fingerprint density at radius 3 is 2.38 bits per heavy atom. The van der Waals surface area contributed by atoms with Crippen LogP contribution in [0.15, 0.2) is 36.4 Å². The summed E-state index contributed by atoms with van der Waals surface area (Å²) in [6, 6.07) is 8.37. The van der Waals surface area contributed by atoms with E-state index in [-0.39, 0.29) is 40.1 Å². The van der Waals surface area contributed by atoms with E-state index >= 15 is 0 Å². The van der Waals surface area contributed by atoms with E-state index in [4.69, 9.17) is 50.3 Å². The van der Waals surface area contributed by atoms with E-state index in [0.29, 0.717) is 5.75 Å². The van der Waals surface area contributed by atoms with E-state index < -0.39 is 17.6 Å². The minimum atomic E-state index is -2.25. The van der Waals surface area contributed by atoms with Crippen LogP contribution < -0.4 is 20.3 Å². The molecule has 8 nitrogen and oxygen atoms in total. The molecule has 1 atom stereocenters. The number of carboxylic acids is 1. The highest BCUT2D eigenvalue weighted by Gasteiger charge is 2.43. The fourth-order valence-corrected chi connectivity index (χ4v) is 2.86. The number of methoxy groups -OCH3 is 1. The molecule has 0 radical (unpaired) electrons. The molecule has 3 N–H and O–H groups in total. The predicted molar refractivity (Wildman–Crippen MR) is 118 cm³/mol. The number of aliphatic carboxylic acids is 1. The summed E-state index contributed by atoms with van der Waals surface area (Å²) in [5, 5.41) is 10.2. The predicted octanol–water partition coefficient (Wildman–Crippen LogP) is 2.84. The number of carboxylic acid groups (broad SMARTS) is 1. The Bertz CT molecular complexity index is 1090. The second kappa shape index (κ2) is 11.3. The highest BCUT2D eigenvalue weighted by atomic mass is 35.5. The van der Waals surface area contributed by atoms with Gasteiger partial charge in [-0.1, -0.05) is 41.1 Å². The Morgan fingerprint density at radius 2 is 1.78 bits per heavy atom. The van der Waals surface area contributed by atoms with Crippen LogP contribution in [0.1, 0.15) is 15.9 Å². The van der Waals surface area contributed by atoms with Crippen molar-refractivity contribution in [2.75, 3.05) is 20.3 Å². The lowest BCUT2D eigenvalue weighted by atomic mass is 10.0. The number of halogens is 2. The molecule has 0 aliphatic heterocycles. The highest BCUT2D eigenvalue weighted by molar-refractivity contribution is 6.42. The number of nitrogens with one attached hydrogen (secondary N) is 2. The van der Waals surface area contributed by atoms with Gasteiger partial charge in [0.2, 0.25) is 0 Å². The first-order valence-corrected chi connectivity index (χ1v) is 9.62. The number of carbonyl (C=O) groups excluding carboxylic acids is 1. The van der Waals surface area contributed by atoms with Crippen LogP contribution in [-0.4, -0.2) is 37.3 Å². The Kier molecular flexibility index (Phi) is 8.77. The van der Waals surface area contributed by atoms with E-state index in [2.05, 4.69) is 22.7 Å². The first-order valence-electron chi connectivity index (χ1n) is 8.87. The molecule has 0 bridgehead atoms. The van der Waals surface area contributed by atoms with Crippen molar-refractivity contribution >= 4 is 35.1 Å². The number of hydrogen-bond donors (Lipinski definition) is 3. The van der Waals surface area contributed by atoms with Crippen LogP contribution in [0.4, 0.5) is 0 Å². The lowest BCUT2D eigenvalue weighted by Crippen LogP contribution is -2.58. The summed E-state index contributed by atoms with van der Waals surface area (Å²) in [7, 11) is 1.39. The Morgan fingerprint density at radius 1 is 1.06 bits per heavy atom. The normalized spacial score (nSPS) is 12.0. The minimum absolute atomic E-state index is 0.0146. The summed E-state index contributed by atoms with van der Waals surface area (Å²) in [6.07, 6.45) is 10.4. The monoisotopic (exact) mass is 476 g/mol. The highest BCUT2D eigenvalue weighted by Crippen LogP contribution is 2.31. The zero-order valence-electron chi connectivity index (χ0n) is 16.8. The van der Waals surface area contributed by atoms with Crippen molar-refractivity contribution in [2.24, 2.45) is 0 Å². The average molecular weight is 477 g/mol. The molecular formula is C22H18Cl2N2O6. The maximum absolute atomic E-state index is 12.7. The average Bonchev–Trinajstić information content (AvgIpc) is 2.79. The number of carbonyl (C=O) groups is 2. The van der Waals surface area contributed by atoms with Gasteiger partial charge in [-0.2, -0.15) is 5.43 Å². The number of terminal acetylenes is 2. The lowest BCUT2D eigenvalue weighted by molar-refractivity contribution is -0.173. The zero-order chi connectivity index (χ0) is 23.7. The molecular weight excluding hydrogens is 459 g/mol. The molecule has 10 heteroatoms. The third-order valence-electron chi connectivity index (χ3n) is 4.09. The van der Waals surface area contributed by atoms with Crippen molar-refractivity contribution in [1.82, 2.24) is 10.9 Å². The first-order chi connectivity index (χ1) is 15.3. The topological polar surface area (TPSA) is 106 Å². The number of hydrazine groups is 1. The van der Waals surface area contributed by atoms with Gasteiger partial charge in [-0.15, -0.1) is 12.8 Å². The molecule has 0 saturated carbocycles. The van der Waals surface area contributed by atoms with Gasteiger partial charge >= 0.3 is 5.97 Å². The van der Waals surface area contributed by atoms with E-state index in [0.717, 1.165) is 0 Å². The summed E-state index contributed by atoms with van der Waals surface area (Å²) in [6.45, 7) is -0.370. The van der Waals surface area contributed by atoms with Crippen molar-refractivity contribution in [3.8, 4) is 36.2 Å². The van der Waals surface area contributed by atoms with Crippen molar-refractivity contribution in [1.29, 1.82) is 0 Å². The molecule has 0 heterocycles. The van der Waals surface area contributed by atoms with Gasteiger partial charge in [0.05, 0.1) is 17.2 Å². The smallest absolute Gasteiger partial charge is 0.358 e. The molecule has 2 aromatic rings. The second-order valence-corrected chi connectivity index (χ2v) is 6.86. The molecule has 0 aliphatic rings. The lowest BCUT2D eigenvalue weighted by Gasteiger charge is -2.30. The molecule has 0 saturated heterocycles. The van der Waals surface area contributed by atoms with Crippen molar-refractivity contribution < 1.29 is 28.9 Å². The molecule has 0 fully saturated rings. The Hall–Kier alpha value is -3.40. The van der Waals surface area contributed by atoms with Gasteiger partial charge in [-0.25, -0.2) is 4.79 Å². The quantitative estimate of drug-likeness (QED) is 0.275. The van der Waals surface area contributed by atoms with Crippen LogP contribution in [-0.2, 0) is 15.3 Å². The van der Waals surface area contributed by atoms with Crippen LogP contribution >= 0.6 is 23.2 Å². The fourth-order valence-electron chi connectivity index (χ4n) is 2.56. The van der Waals surface area contributed by atoms with Gasteiger partial charge in [-0.3, -0.25) is 10.2 Å². The Balaban J connectivity index is 2.33.